The summed E-state index contributed by atoms with van der Waals surface area (Å²) < 4.78 is 5.71. The molecule has 2 atom stereocenters. The highest BCUT2D eigenvalue weighted by molar-refractivity contribution is 6.42. The van der Waals surface area contributed by atoms with E-state index in [1.807, 2.05) is 50.2 Å². The predicted octanol–water partition coefficient (Wildman–Crippen LogP) is 5.20. The van der Waals surface area contributed by atoms with Gasteiger partial charge in [0, 0.05) is 24.1 Å². The molecule has 1 aliphatic heterocycles. The maximum absolute atomic E-state index is 12.9. The van der Waals surface area contributed by atoms with Gasteiger partial charge in [0.05, 0.1) is 22.7 Å². The molecule has 0 aliphatic carbocycles. The maximum atomic E-state index is 12.9. The number of benzene rings is 2. The summed E-state index contributed by atoms with van der Waals surface area (Å²) >= 11 is 12.3. The summed E-state index contributed by atoms with van der Waals surface area (Å²) in [5.41, 5.74) is 1.74. The van der Waals surface area contributed by atoms with Crippen LogP contribution in [0.4, 0.5) is 0 Å². The minimum absolute atomic E-state index is 0.0527. The van der Waals surface area contributed by atoms with E-state index in [4.69, 9.17) is 27.9 Å². The second-order valence-electron chi connectivity index (χ2n) is 7.74. The first kappa shape index (κ1) is 22.1. The molecule has 1 heterocycles. The van der Waals surface area contributed by atoms with Crippen molar-refractivity contribution >= 4 is 29.0 Å². The SMILES string of the molecule is CC(C)Oc1cccc(C(=O)CN2CCC(c3ccc(Cl)c(Cl)c3)C2CCO)c1. The molecule has 0 bridgehead atoms. The highest BCUT2D eigenvalue weighted by Gasteiger charge is 2.35. The number of aliphatic hydroxyl groups excluding tert-OH is 1. The van der Waals surface area contributed by atoms with Crippen molar-refractivity contribution in [3.63, 3.8) is 0 Å². The average molecular weight is 436 g/mol. The molecule has 1 aliphatic rings. The third-order valence-corrected chi connectivity index (χ3v) is 6.07. The molecule has 0 radical (unpaired) electrons. The third-order valence-electron chi connectivity index (χ3n) is 5.33. The van der Waals surface area contributed by atoms with Crippen LogP contribution < -0.4 is 4.74 Å². The van der Waals surface area contributed by atoms with Crippen molar-refractivity contribution in [2.24, 2.45) is 0 Å². The molecule has 1 N–H and O–H groups in total. The number of hydrogen-bond acceptors (Lipinski definition) is 4. The number of aliphatic hydroxyl groups is 1. The lowest BCUT2D eigenvalue weighted by Gasteiger charge is -2.27. The second kappa shape index (κ2) is 9.94. The van der Waals surface area contributed by atoms with Gasteiger partial charge < -0.3 is 9.84 Å². The van der Waals surface area contributed by atoms with Crippen LogP contribution in [0.3, 0.4) is 0 Å². The van der Waals surface area contributed by atoms with E-state index in [1.54, 1.807) is 6.07 Å². The Morgan fingerprint density at radius 3 is 2.69 bits per heavy atom. The second-order valence-corrected chi connectivity index (χ2v) is 8.55. The summed E-state index contributed by atoms with van der Waals surface area (Å²) in [6.07, 6.45) is 1.57. The lowest BCUT2D eigenvalue weighted by atomic mass is 9.90. The number of Topliss-reactive ketones (excluding diaryl/α,β-unsaturated/α-hetero) is 1. The summed E-state index contributed by atoms with van der Waals surface area (Å²) in [6, 6.07) is 13.1. The van der Waals surface area contributed by atoms with Crippen molar-refractivity contribution in [3.05, 3.63) is 63.6 Å². The molecular weight excluding hydrogens is 409 g/mol. The number of nitrogens with zero attached hydrogens (tertiary/aromatic N) is 1. The first-order valence-corrected chi connectivity index (χ1v) is 10.7. The molecule has 156 valence electrons. The van der Waals surface area contributed by atoms with E-state index in [-0.39, 0.29) is 30.5 Å². The van der Waals surface area contributed by atoms with Gasteiger partial charge in [-0.25, -0.2) is 0 Å². The fourth-order valence-corrected chi connectivity index (χ4v) is 4.36. The number of carbonyl (C=O) groups is 1. The number of likely N-dealkylation sites (tertiary alicyclic amines) is 1. The van der Waals surface area contributed by atoms with Crippen LogP contribution in [0.15, 0.2) is 42.5 Å². The number of hydrogen-bond donors (Lipinski definition) is 1. The number of carbonyl (C=O) groups excluding carboxylic acids is 1. The van der Waals surface area contributed by atoms with Gasteiger partial charge in [0.25, 0.3) is 0 Å². The Morgan fingerprint density at radius 2 is 2.00 bits per heavy atom. The zero-order valence-corrected chi connectivity index (χ0v) is 18.3. The van der Waals surface area contributed by atoms with Crippen molar-refractivity contribution in [1.82, 2.24) is 4.90 Å². The molecular formula is C23H27Cl2NO3. The summed E-state index contributed by atoms with van der Waals surface area (Å²) in [5.74, 6) is 0.963. The van der Waals surface area contributed by atoms with Crippen LogP contribution in [0, 0.1) is 0 Å². The summed E-state index contributed by atoms with van der Waals surface area (Å²) in [4.78, 5) is 15.1. The predicted molar refractivity (Wildman–Crippen MR) is 117 cm³/mol. The molecule has 6 heteroatoms. The van der Waals surface area contributed by atoms with Gasteiger partial charge in [-0.05, 0) is 63.1 Å². The molecule has 2 aromatic carbocycles. The van der Waals surface area contributed by atoms with Gasteiger partial charge in [-0.2, -0.15) is 0 Å². The third kappa shape index (κ3) is 5.52. The van der Waals surface area contributed by atoms with Gasteiger partial charge >= 0.3 is 0 Å². The first-order valence-electron chi connectivity index (χ1n) is 9.98. The Labute approximate surface area is 182 Å². The van der Waals surface area contributed by atoms with Gasteiger partial charge in [-0.3, -0.25) is 9.69 Å². The molecule has 3 rings (SSSR count). The molecule has 2 aromatic rings. The highest BCUT2D eigenvalue weighted by atomic mass is 35.5. The van der Waals surface area contributed by atoms with Gasteiger partial charge in [-0.15, -0.1) is 0 Å². The van der Waals surface area contributed by atoms with E-state index >= 15 is 0 Å². The van der Waals surface area contributed by atoms with Crippen LogP contribution in [0.25, 0.3) is 0 Å². The van der Waals surface area contributed by atoms with E-state index < -0.39 is 0 Å². The lowest BCUT2D eigenvalue weighted by molar-refractivity contribution is 0.0903. The fraction of sp³-hybridized carbons (Fsp3) is 0.435. The molecule has 2 unspecified atom stereocenters. The van der Waals surface area contributed by atoms with Gasteiger partial charge in [0.2, 0.25) is 0 Å². The molecule has 0 aromatic heterocycles. The standard InChI is InChI=1S/C23H27Cl2NO3/c1-15(2)29-18-5-3-4-17(12-18)23(28)14-26-10-8-19(22(26)9-11-27)16-6-7-20(24)21(25)13-16/h3-7,12-13,15,19,22,27H,8-11,14H2,1-2H3. The Morgan fingerprint density at radius 1 is 1.21 bits per heavy atom. The molecule has 1 fully saturated rings. The van der Waals surface area contributed by atoms with E-state index in [2.05, 4.69) is 4.90 Å². The zero-order chi connectivity index (χ0) is 21.0. The van der Waals surface area contributed by atoms with Crippen molar-refractivity contribution < 1.29 is 14.6 Å². The quantitative estimate of drug-likeness (QED) is 0.578. The van der Waals surface area contributed by atoms with Crippen molar-refractivity contribution in [1.29, 1.82) is 0 Å². The van der Waals surface area contributed by atoms with Crippen LogP contribution in [-0.2, 0) is 0 Å². The van der Waals surface area contributed by atoms with E-state index in [1.165, 1.54) is 0 Å². The Bertz CT molecular complexity index is 856. The van der Waals surface area contributed by atoms with E-state index in [0.29, 0.717) is 34.3 Å². The van der Waals surface area contributed by atoms with E-state index in [9.17, 15) is 9.90 Å². The van der Waals surface area contributed by atoms with Gasteiger partial charge in [0.15, 0.2) is 5.78 Å². The van der Waals surface area contributed by atoms with Crippen LogP contribution in [0.5, 0.6) is 5.75 Å². The van der Waals surface area contributed by atoms with Crippen molar-refractivity contribution in [3.8, 4) is 5.75 Å². The molecule has 0 saturated carbocycles. The van der Waals surface area contributed by atoms with Gasteiger partial charge in [-0.1, -0.05) is 41.4 Å². The number of rotatable bonds is 8. The smallest absolute Gasteiger partial charge is 0.176 e. The topological polar surface area (TPSA) is 49.8 Å². The first-order chi connectivity index (χ1) is 13.9. The minimum Gasteiger partial charge on any atom is -0.491 e. The molecule has 4 nitrogen and oxygen atoms in total. The van der Waals surface area contributed by atoms with Gasteiger partial charge in [0.1, 0.15) is 5.75 Å². The Balaban J connectivity index is 1.74. The Hall–Kier alpha value is -1.59. The highest BCUT2D eigenvalue weighted by Crippen LogP contribution is 2.37. The van der Waals surface area contributed by atoms with E-state index in [0.717, 1.165) is 18.5 Å². The maximum Gasteiger partial charge on any atom is 0.176 e. The number of ether oxygens (including phenoxy) is 1. The molecule has 29 heavy (non-hydrogen) atoms. The van der Waals surface area contributed by atoms with Crippen molar-refractivity contribution in [2.45, 2.75) is 44.8 Å². The summed E-state index contributed by atoms with van der Waals surface area (Å²) in [6.45, 7) is 5.10. The lowest BCUT2D eigenvalue weighted by Crippen LogP contribution is -2.37. The monoisotopic (exact) mass is 435 g/mol. The summed E-state index contributed by atoms with van der Waals surface area (Å²) in [7, 11) is 0. The zero-order valence-electron chi connectivity index (χ0n) is 16.8. The number of halogens is 2. The largest absolute Gasteiger partial charge is 0.491 e. The normalized spacial score (nSPS) is 19.7. The molecule has 1 saturated heterocycles. The molecule has 0 amide bonds. The number of ketones is 1. The van der Waals surface area contributed by atoms with Crippen LogP contribution in [-0.4, -0.2) is 47.6 Å². The van der Waals surface area contributed by atoms with Crippen molar-refractivity contribution in [2.75, 3.05) is 19.7 Å². The van der Waals surface area contributed by atoms with Crippen LogP contribution in [0.2, 0.25) is 10.0 Å². The summed E-state index contributed by atoms with van der Waals surface area (Å²) in [5, 5.41) is 10.7. The van der Waals surface area contributed by atoms with Crippen LogP contribution >= 0.6 is 23.2 Å². The Kier molecular flexibility index (Phi) is 7.58. The van der Waals surface area contributed by atoms with Crippen LogP contribution in [0.1, 0.15) is 48.5 Å². The fourth-order valence-electron chi connectivity index (χ4n) is 4.05. The average Bonchev–Trinajstić information content (AvgIpc) is 3.06. The molecule has 0 spiro atoms. The minimum atomic E-state index is 0.0527.